The van der Waals surface area contributed by atoms with Crippen LogP contribution in [-0.2, 0) is 14.8 Å². The number of sulfonamides is 1. The molecule has 0 aliphatic carbocycles. The first-order chi connectivity index (χ1) is 13.5. The van der Waals surface area contributed by atoms with E-state index in [0.717, 1.165) is 16.6 Å². The van der Waals surface area contributed by atoms with Crippen LogP contribution in [0.15, 0.2) is 36.4 Å². The molecule has 2 rings (SSSR count). The van der Waals surface area contributed by atoms with Gasteiger partial charge in [-0.3, -0.25) is 19.2 Å². The lowest BCUT2D eigenvalue weighted by molar-refractivity contribution is -0.384. The van der Waals surface area contributed by atoms with Gasteiger partial charge in [-0.25, -0.2) is 8.42 Å². The zero-order valence-corrected chi connectivity index (χ0v) is 17.7. The number of aryl methyl sites for hydroxylation is 1. The fourth-order valence-electron chi connectivity index (χ4n) is 2.72. The molecule has 29 heavy (non-hydrogen) atoms. The highest BCUT2D eigenvalue weighted by Gasteiger charge is 2.31. The molecule has 0 aliphatic heterocycles. The molecule has 0 bridgehead atoms. The fourth-order valence-corrected chi connectivity index (χ4v) is 4.20. The van der Waals surface area contributed by atoms with E-state index in [0.29, 0.717) is 17.0 Å². The first-order valence-corrected chi connectivity index (χ1v) is 10.6. The van der Waals surface area contributed by atoms with Crippen LogP contribution in [0.3, 0.4) is 0 Å². The molecule has 1 amide bonds. The zero-order valence-electron chi connectivity index (χ0n) is 16.2. The Morgan fingerprint density at radius 3 is 2.45 bits per heavy atom. The Balaban J connectivity index is 2.41. The maximum Gasteiger partial charge on any atom is 0.271 e. The predicted molar refractivity (Wildman–Crippen MR) is 111 cm³/mol. The van der Waals surface area contributed by atoms with Gasteiger partial charge in [-0.2, -0.15) is 0 Å². The van der Waals surface area contributed by atoms with Gasteiger partial charge in [-0.15, -0.1) is 0 Å². The molecule has 1 N–H and O–H groups in total. The number of nitro groups is 1. The number of halogens is 1. The van der Waals surface area contributed by atoms with Crippen LogP contribution < -0.4 is 14.4 Å². The van der Waals surface area contributed by atoms with Gasteiger partial charge < -0.3 is 10.1 Å². The summed E-state index contributed by atoms with van der Waals surface area (Å²) in [5.74, 6) is -0.217. The molecule has 0 spiro atoms. The molecule has 0 radical (unpaired) electrons. The standard InChI is InChI=1S/C18H20ClN3O6S/c1-11-5-7-14(22(24)25)10-16(11)21(29(4,26)27)12(2)18(23)20-13-6-8-17(28-3)15(19)9-13/h5-10,12H,1-4H3,(H,20,23). The lowest BCUT2D eigenvalue weighted by Gasteiger charge is -2.29. The van der Waals surface area contributed by atoms with Crippen LogP contribution >= 0.6 is 11.6 Å². The molecule has 1 atom stereocenters. The molecule has 0 saturated heterocycles. The van der Waals surface area contributed by atoms with Gasteiger partial charge in [0.25, 0.3) is 5.69 Å². The highest BCUT2D eigenvalue weighted by Crippen LogP contribution is 2.30. The van der Waals surface area contributed by atoms with Crippen molar-refractivity contribution in [1.82, 2.24) is 0 Å². The van der Waals surface area contributed by atoms with Gasteiger partial charge >= 0.3 is 0 Å². The van der Waals surface area contributed by atoms with Gasteiger partial charge in [0.1, 0.15) is 11.8 Å². The molecule has 156 valence electrons. The lowest BCUT2D eigenvalue weighted by Crippen LogP contribution is -2.45. The molecule has 9 nitrogen and oxygen atoms in total. The van der Waals surface area contributed by atoms with Crippen LogP contribution in [0.2, 0.25) is 5.02 Å². The largest absolute Gasteiger partial charge is 0.495 e. The maximum absolute atomic E-state index is 12.7. The SMILES string of the molecule is COc1ccc(NC(=O)C(C)N(c2cc([N+](=O)[O-])ccc2C)S(C)(=O)=O)cc1Cl. The number of amides is 1. The summed E-state index contributed by atoms with van der Waals surface area (Å²) < 4.78 is 30.8. The third-order valence-electron chi connectivity index (χ3n) is 4.15. The minimum Gasteiger partial charge on any atom is -0.495 e. The van der Waals surface area contributed by atoms with Crippen molar-refractivity contribution in [3.8, 4) is 5.75 Å². The first kappa shape index (κ1) is 22.4. The normalized spacial score (nSPS) is 12.2. The Morgan fingerprint density at radius 2 is 1.93 bits per heavy atom. The summed E-state index contributed by atoms with van der Waals surface area (Å²) >= 11 is 6.04. The Hall–Kier alpha value is -2.85. The van der Waals surface area contributed by atoms with Gasteiger partial charge in [0.05, 0.1) is 29.0 Å². The molecule has 2 aromatic carbocycles. The summed E-state index contributed by atoms with van der Waals surface area (Å²) in [4.78, 5) is 23.2. The number of anilines is 2. The molecule has 2 aromatic rings. The second kappa shape index (κ2) is 8.66. The third kappa shape index (κ3) is 5.15. The topological polar surface area (TPSA) is 119 Å². The zero-order chi connectivity index (χ0) is 21.9. The second-order valence-electron chi connectivity index (χ2n) is 6.30. The van der Waals surface area contributed by atoms with Crippen molar-refractivity contribution in [1.29, 1.82) is 0 Å². The Morgan fingerprint density at radius 1 is 1.28 bits per heavy atom. The monoisotopic (exact) mass is 441 g/mol. The van der Waals surface area contributed by atoms with Crippen LogP contribution in [-0.4, -0.2) is 38.7 Å². The summed E-state index contributed by atoms with van der Waals surface area (Å²) in [6.45, 7) is 2.99. The van der Waals surface area contributed by atoms with Crippen molar-refractivity contribution in [2.45, 2.75) is 19.9 Å². The van der Waals surface area contributed by atoms with Crippen LogP contribution in [0.4, 0.5) is 17.1 Å². The van der Waals surface area contributed by atoms with Gasteiger partial charge in [0, 0.05) is 17.8 Å². The molecule has 0 fully saturated rings. The van der Waals surface area contributed by atoms with Crippen molar-refractivity contribution < 1.29 is 22.9 Å². The number of methoxy groups -OCH3 is 1. The molecule has 0 heterocycles. The quantitative estimate of drug-likeness (QED) is 0.519. The first-order valence-electron chi connectivity index (χ1n) is 8.34. The second-order valence-corrected chi connectivity index (χ2v) is 8.57. The predicted octanol–water partition coefficient (Wildman–Crippen LogP) is 3.36. The number of ether oxygens (including phenoxy) is 1. The van der Waals surface area contributed by atoms with Gasteiger partial charge in [-0.1, -0.05) is 17.7 Å². The van der Waals surface area contributed by atoms with Crippen molar-refractivity contribution in [2.75, 3.05) is 23.0 Å². The molecular formula is C18H20ClN3O6S. The van der Waals surface area contributed by atoms with Gasteiger partial charge in [-0.05, 0) is 37.6 Å². The Kier molecular flexibility index (Phi) is 6.70. The van der Waals surface area contributed by atoms with E-state index in [4.69, 9.17) is 16.3 Å². The molecule has 11 heteroatoms. The molecule has 0 aromatic heterocycles. The number of hydrogen-bond donors (Lipinski definition) is 1. The minimum atomic E-state index is -3.93. The van der Waals surface area contributed by atoms with Crippen molar-refractivity contribution >= 4 is 44.6 Å². The number of hydrogen-bond acceptors (Lipinski definition) is 6. The summed E-state index contributed by atoms with van der Waals surface area (Å²) in [6, 6.07) is 7.22. The van der Waals surface area contributed by atoms with Crippen LogP contribution in [0.25, 0.3) is 0 Å². The van der Waals surface area contributed by atoms with Crippen LogP contribution in [0.1, 0.15) is 12.5 Å². The Bertz CT molecular complexity index is 1060. The Labute approximate surface area is 173 Å². The molecule has 1 unspecified atom stereocenters. The van der Waals surface area contributed by atoms with Gasteiger partial charge in [0.15, 0.2) is 0 Å². The van der Waals surface area contributed by atoms with Crippen molar-refractivity contribution in [3.63, 3.8) is 0 Å². The van der Waals surface area contributed by atoms with E-state index >= 15 is 0 Å². The third-order valence-corrected chi connectivity index (χ3v) is 5.67. The van der Waals surface area contributed by atoms with E-state index < -0.39 is 26.9 Å². The fraction of sp³-hybridized carbons (Fsp3) is 0.278. The maximum atomic E-state index is 12.7. The van der Waals surface area contributed by atoms with Crippen LogP contribution in [0.5, 0.6) is 5.75 Å². The number of nitrogens with one attached hydrogen (secondary N) is 1. The van der Waals surface area contributed by atoms with E-state index in [1.165, 1.54) is 32.2 Å². The lowest BCUT2D eigenvalue weighted by atomic mass is 10.1. The summed E-state index contributed by atoms with van der Waals surface area (Å²) in [5, 5.41) is 14.0. The van der Waals surface area contributed by atoms with Crippen molar-refractivity contribution in [2.24, 2.45) is 0 Å². The highest BCUT2D eigenvalue weighted by atomic mass is 35.5. The average molecular weight is 442 g/mol. The van der Waals surface area contributed by atoms with Crippen molar-refractivity contribution in [3.05, 3.63) is 57.1 Å². The van der Waals surface area contributed by atoms with E-state index in [-0.39, 0.29) is 16.4 Å². The molecule has 0 saturated carbocycles. The average Bonchev–Trinajstić information content (AvgIpc) is 2.62. The number of nitro benzene ring substituents is 1. The smallest absolute Gasteiger partial charge is 0.271 e. The molecular weight excluding hydrogens is 422 g/mol. The molecule has 0 aliphatic rings. The summed E-state index contributed by atoms with van der Waals surface area (Å²) in [7, 11) is -2.48. The minimum absolute atomic E-state index is 0.0529. The van der Waals surface area contributed by atoms with Gasteiger partial charge in [0.2, 0.25) is 15.9 Å². The number of rotatable bonds is 7. The summed E-state index contributed by atoms with van der Waals surface area (Å²) in [6.07, 6.45) is 0.930. The summed E-state index contributed by atoms with van der Waals surface area (Å²) in [5.41, 5.74) is 0.580. The van der Waals surface area contributed by atoms with E-state index in [9.17, 15) is 23.3 Å². The number of carbonyl (C=O) groups is 1. The van der Waals surface area contributed by atoms with E-state index in [2.05, 4.69) is 5.32 Å². The number of carbonyl (C=O) groups excluding carboxylic acids is 1. The number of non-ortho nitro benzene ring substituents is 1. The number of nitrogens with zero attached hydrogens (tertiary/aromatic N) is 2. The van der Waals surface area contributed by atoms with Crippen LogP contribution in [0, 0.1) is 17.0 Å². The van der Waals surface area contributed by atoms with E-state index in [1.807, 2.05) is 0 Å². The highest BCUT2D eigenvalue weighted by molar-refractivity contribution is 7.92. The van der Waals surface area contributed by atoms with E-state index in [1.54, 1.807) is 19.1 Å². The number of benzene rings is 2.